The molecule has 1 saturated heterocycles. The maximum atomic E-state index is 13.1. The van der Waals surface area contributed by atoms with Crippen LogP contribution in [0.1, 0.15) is 24.8 Å². The number of benzene rings is 1. The molecule has 1 aliphatic heterocycles. The van der Waals surface area contributed by atoms with Gasteiger partial charge in [0.2, 0.25) is 11.6 Å². The molecular formula is C18H20ClFN2OS. The summed E-state index contributed by atoms with van der Waals surface area (Å²) in [6.45, 7) is 5.01. The molecule has 1 aromatic carbocycles. The topological polar surface area (TPSA) is 24.2 Å². The summed E-state index contributed by atoms with van der Waals surface area (Å²) < 4.78 is 15.1. The number of amides is 1. The normalized spacial score (nSPS) is 17.2. The molecule has 1 atom stereocenters. The second-order valence-electron chi connectivity index (χ2n) is 6.12. The number of nitrogens with zero attached hydrogens (tertiary/aromatic N) is 2. The smallest absolute Gasteiger partial charge is 0.233 e. The summed E-state index contributed by atoms with van der Waals surface area (Å²) >= 11 is 1.66. The van der Waals surface area contributed by atoms with Gasteiger partial charge in [0.05, 0.1) is 5.75 Å². The minimum atomic E-state index is -0.245. The molecule has 0 spiro atoms. The van der Waals surface area contributed by atoms with Crippen LogP contribution in [-0.4, -0.2) is 23.1 Å². The van der Waals surface area contributed by atoms with E-state index in [4.69, 9.17) is 0 Å². The number of carbonyl (C=O) groups is 1. The lowest BCUT2D eigenvalue weighted by molar-refractivity contribution is -0.596. The summed E-state index contributed by atoms with van der Waals surface area (Å²) in [7, 11) is 0. The fourth-order valence-electron chi connectivity index (χ4n) is 2.73. The average molecular weight is 367 g/mol. The molecule has 24 heavy (non-hydrogen) atoms. The van der Waals surface area contributed by atoms with E-state index >= 15 is 0 Å². The number of aromatic nitrogens is 1. The van der Waals surface area contributed by atoms with E-state index in [0.29, 0.717) is 11.7 Å². The lowest BCUT2D eigenvalue weighted by atomic mass is 10.2. The number of rotatable bonds is 4. The van der Waals surface area contributed by atoms with Crippen molar-refractivity contribution >= 4 is 17.7 Å². The molecule has 1 unspecified atom stereocenters. The summed E-state index contributed by atoms with van der Waals surface area (Å²) in [6, 6.07) is 10.4. The van der Waals surface area contributed by atoms with E-state index in [2.05, 4.69) is 13.8 Å². The van der Waals surface area contributed by atoms with Crippen molar-refractivity contribution < 1.29 is 26.2 Å². The van der Waals surface area contributed by atoms with Crippen molar-refractivity contribution in [1.29, 1.82) is 0 Å². The van der Waals surface area contributed by atoms with Crippen molar-refractivity contribution in [1.82, 2.24) is 4.90 Å². The Morgan fingerprint density at radius 3 is 2.67 bits per heavy atom. The van der Waals surface area contributed by atoms with Crippen molar-refractivity contribution in [3.05, 3.63) is 60.2 Å². The molecule has 0 radical (unpaired) electrons. The fraction of sp³-hybridized carbons (Fsp3) is 0.333. The van der Waals surface area contributed by atoms with Crippen molar-refractivity contribution in [3.8, 4) is 5.69 Å². The highest BCUT2D eigenvalue weighted by molar-refractivity contribution is 8.00. The van der Waals surface area contributed by atoms with Gasteiger partial charge in [-0.15, -0.1) is 11.8 Å². The quantitative estimate of drug-likeness (QED) is 0.729. The third-order valence-electron chi connectivity index (χ3n) is 3.76. The minimum Gasteiger partial charge on any atom is -1.00 e. The van der Waals surface area contributed by atoms with Crippen LogP contribution >= 0.6 is 11.8 Å². The van der Waals surface area contributed by atoms with E-state index < -0.39 is 0 Å². The Bertz CT molecular complexity index is 708. The molecule has 0 saturated carbocycles. The first-order chi connectivity index (χ1) is 11.0. The molecule has 1 aromatic heterocycles. The van der Waals surface area contributed by atoms with Crippen LogP contribution in [-0.2, 0) is 4.79 Å². The number of hydrogen-bond donors (Lipinski definition) is 0. The van der Waals surface area contributed by atoms with Gasteiger partial charge in [-0.2, -0.15) is 4.57 Å². The number of pyridine rings is 1. The first-order valence-electron chi connectivity index (χ1n) is 7.73. The van der Waals surface area contributed by atoms with E-state index in [-0.39, 0.29) is 29.5 Å². The molecule has 1 amide bonds. The Labute approximate surface area is 152 Å². The Kier molecular flexibility index (Phi) is 6.24. The molecule has 0 N–H and O–H groups in total. The molecule has 1 fully saturated rings. The number of thioether (sulfide) groups is 1. The summed E-state index contributed by atoms with van der Waals surface area (Å²) in [5.41, 5.74) is 1.99. The lowest BCUT2D eigenvalue weighted by Gasteiger charge is -2.25. The van der Waals surface area contributed by atoms with Gasteiger partial charge in [0, 0.05) is 30.3 Å². The zero-order chi connectivity index (χ0) is 16.4. The van der Waals surface area contributed by atoms with Gasteiger partial charge in [0.15, 0.2) is 12.4 Å². The summed E-state index contributed by atoms with van der Waals surface area (Å²) in [5, 5.41) is 0.0535. The Balaban J connectivity index is 0.00000208. The summed E-state index contributed by atoms with van der Waals surface area (Å²) in [4.78, 5) is 14.1. The molecular weight excluding hydrogens is 347 g/mol. The first kappa shape index (κ1) is 18.7. The maximum Gasteiger partial charge on any atom is 0.233 e. The van der Waals surface area contributed by atoms with Gasteiger partial charge in [-0.3, -0.25) is 4.79 Å². The molecule has 128 valence electrons. The van der Waals surface area contributed by atoms with E-state index in [1.807, 2.05) is 34.0 Å². The summed E-state index contributed by atoms with van der Waals surface area (Å²) in [5.74, 6) is 0.924. The third kappa shape index (κ3) is 4.08. The molecule has 3 rings (SSSR count). The highest BCUT2D eigenvalue weighted by Crippen LogP contribution is 2.38. The number of hydrogen-bond acceptors (Lipinski definition) is 2. The van der Waals surface area contributed by atoms with Gasteiger partial charge < -0.3 is 17.3 Å². The number of carbonyl (C=O) groups excluding carboxylic acids is 1. The molecule has 6 heteroatoms. The van der Waals surface area contributed by atoms with Crippen LogP contribution in [0.25, 0.3) is 5.69 Å². The van der Waals surface area contributed by atoms with Crippen LogP contribution in [0, 0.1) is 11.7 Å². The number of halogens is 2. The highest BCUT2D eigenvalue weighted by atomic mass is 35.5. The van der Waals surface area contributed by atoms with Crippen LogP contribution < -0.4 is 17.0 Å². The first-order valence-corrected chi connectivity index (χ1v) is 8.77. The molecule has 2 aromatic rings. The lowest BCUT2D eigenvalue weighted by Crippen LogP contribution is -3.00. The van der Waals surface area contributed by atoms with Gasteiger partial charge in [-0.05, 0) is 24.1 Å². The highest BCUT2D eigenvalue weighted by Gasteiger charge is 2.34. The predicted octanol–water partition coefficient (Wildman–Crippen LogP) is 0.336. The van der Waals surface area contributed by atoms with Crippen molar-refractivity contribution in [3.63, 3.8) is 0 Å². The Morgan fingerprint density at radius 2 is 2.00 bits per heavy atom. The van der Waals surface area contributed by atoms with Crippen molar-refractivity contribution in [2.75, 3.05) is 12.3 Å². The second kappa shape index (κ2) is 7.99. The fourth-order valence-corrected chi connectivity index (χ4v) is 3.92. The van der Waals surface area contributed by atoms with Crippen molar-refractivity contribution in [2.24, 2.45) is 5.92 Å². The largest absolute Gasteiger partial charge is 1.00 e. The summed E-state index contributed by atoms with van der Waals surface area (Å²) in [6.07, 6.45) is 3.96. The second-order valence-corrected chi connectivity index (χ2v) is 7.19. The molecule has 0 bridgehead atoms. The van der Waals surface area contributed by atoms with Crippen LogP contribution in [0.2, 0.25) is 0 Å². The van der Waals surface area contributed by atoms with Gasteiger partial charge in [0.25, 0.3) is 0 Å². The van der Waals surface area contributed by atoms with Gasteiger partial charge in [-0.25, -0.2) is 4.39 Å². The monoisotopic (exact) mass is 366 g/mol. The molecule has 2 heterocycles. The maximum absolute atomic E-state index is 13.1. The van der Waals surface area contributed by atoms with Crippen LogP contribution in [0.4, 0.5) is 4.39 Å². The Hall–Kier alpha value is -1.59. The minimum absolute atomic E-state index is 0. The van der Waals surface area contributed by atoms with Crippen LogP contribution in [0.15, 0.2) is 48.8 Å². The third-order valence-corrected chi connectivity index (χ3v) is 5.02. The zero-order valence-electron chi connectivity index (χ0n) is 13.7. The van der Waals surface area contributed by atoms with Gasteiger partial charge in [-0.1, -0.05) is 13.8 Å². The van der Waals surface area contributed by atoms with Crippen LogP contribution in [0.5, 0.6) is 0 Å². The van der Waals surface area contributed by atoms with E-state index in [1.54, 1.807) is 23.9 Å². The average Bonchev–Trinajstić information content (AvgIpc) is 2.89. The SMILES string of the molecule is CC(C)CN1C(=O)CSC1c1ccc[n+](-c2ccc(F)cc2)c1.[Cl-]. The van der Waals surface area contributed by atoms with Gasteiger partial charge >= 0.3 is 0 Å². The van der Waals surface area contributed by atoms with Crippen LogP contribution in [0.3, 0.4) is 0 Å². The standard InChI is InChI=1S/C18H20FN2OS.ClH/c1-13(2)10-21-17(22)12-23-18(21)14-4-3-9-20(11-14)16-7-5-15(19)6-8-16;/h3-9,11,13,18H,10,12H2,1-2H3;1H/q+1;/p-1. The van der Waals surface area contributed by atoms with E-state index in [1.165, 1.54) is 12.1 Å². The van der Waals surface area contributed by atoms with E-state index in [0.717, 1.165) is 17.8 Å². The molecule has 3 nitrogen and oxygen atoms in total. The van der Waals surface area contributed by atoms with E-state index in [9.17, 15) is 9.18 Å². The zero-order valence-corrected chi connectivity index (χ0v) is 15.2. The molecule has 0 aliphatic carbocycles. The van der Waals surface area contributed by atoms with Gasteiger partial charge in [0.1, 0.15) is 11.2 Å². The molecule has 1 aliphatic rings. The predicted molar refractivity (Wildman–Crippen MR) is 89.7 cm³/mol. The van der Waals surface area contributed by atoms with Crippen molar-refractivity contribution in [2.45, 2.75) is 19.2 Å². The Morgan fingerprint density at radius 1 is 1.29 bits per heavy atom.